The van der Waals surface area contributed by atoms with E-state index in [4.69, 9.17) is 0 Å². The van der Waals surface area contributed by atoms with Crippen molar-refractivity contribution < 1.29 is 9.59 Å². The highest BCUT2D eigenvalue weighted by Gasteiger charge is 2.25. The Morgan fingerprint density at radius 2 is 1.55 bits per heavy atom. The summed E-state index contributed by atoms with van der Waals surface area (Å²) >= 11 is 0. The Labute approximate surface area is 234 Å². The van der Waals surface area contributed by atoms with Crippen molar-refractivity contribution >= 4 is 28.6 Å². The summed E-state index contributed by atoms with van der Waals surface area (Å²) in [5.74, 6) is -1.26. The number of aryl methyl sites for hydroxylation is 3. The molecule has 5 rings (SSSR count). The number of anilines is 2. The highest BCUT2D eigenvalue weighted by atomic mass is 16.2. The maximum Gasteiger partial charge on any atom is 0.298 e. The lowest BCUT2D eigenvalue weighted by atomic mass is 10.0. The molecule has 0 fully saturated rings. The van der Waals surface area contributed by atoms with Gasteiger partial charge in [-0.1, -0.05) is 36.4 Å². The number of rotatable bonds is 10. The monoisotopic (exact) mass is 531 g/mol. The van der Waals surface area contributed by atoms with Crippen molar-refractivity contribution in [3.63, 3.8) is 0 Å². The van der Waals surface area contributed by atoms with Gasteiger partial charge < -0.3 is 20.4 Å². The van der Waals surface area contributed by atoms with E-state index in [1.807, 2.05) is 80.7 Å². The minimum absolute atomic E-state index is 0.351. The summed E-state index contributed by atoms with van der Waals surface area (Å²) in [6.07, 6.45) is 1.88. The topological polar surface area (TPSA) is 87.5 Å². The van der Waals surface area contributed by atoms with Crippen LogP contribution in [0.4, 0.5) is 11.4 Å². The number of nitrogens with zero attached hydrogens (tertiary/aromatic N) is 2. The van der Waals surface area contributed by atoms with E-state index >= 15 is 0 Å². The molecule has 0 spiro atoms. The third-order valence-corrected chi connectivity index (χ3v) is 6.65. The lowest BCUT2D eigenvalue weighted by molar-refractivity contribution is -0.112. The second-order valence-corrected chi connectivity index (χ2v) is 10.0. The van der Waals surface area contributed by atoms with E-state index in [0.717, 1.165) is 52.4 Å². The molecule has 0 radical (unpaired) electrons. The Bertz CT molecular complexity index is 1640. The van der Waals surface area contributed by atoms with Gasteiger partial charge in [-0.15, -0.1) is 0 Å². The standard InChI is InChI=1S/C33H33N5O2/c1-22-9-14-29-19-30(25-7-5-4-6-8-25)31(38(29)21-22)32(39)33(40)37-27-12-10-26(11-13-27)35-16-15-34-20-28-18-23(2)17-24(3)36-28/h4-14,17-19,21,34-35H,15-16,20H2,1-3H3,(H,37,40). The molecule has 3 N–H and O–H groups in total. The van der Waals surface area contributed by atoms with E-state index < -0.39 is 11.7 Å². The van der Waals surface area contributed by atoms with Gasteiger partial charge in [-0.3, -0.25) is 14.6 Å². The summed E-state index contributed by atoms with van der Waals surface area (Å²) in [6.45, 7) is 8.27. The third kappa shape index (κ3) is 6.27. The van der Waals surface area contributed by atoms with Gasteiger partial charge in [0.05, 0.1) is 5.69 Å². The number of benzene rings is 2. The lowest BCUT2D eigenvalue weighted by Crippen LogP contribution is -2.24. The maximum atomic E-state index is 13.5. The fourth-order valence-electron chi connectivity index (χ4n) is 4.84. The van der Waals surface area contributed by atoms with Gasteiger partial charge >= 0.3 is 0 Å². The molecule has 0 saturated carbocycles. The molecule has 0 atom stereocenters. The normalized spacial score (nSPS) is 11.0. The van der Waals surface area contributed by atoms with Crippen molar-refractivity contribution in [3.05, 3.63) is 119 Å². The van der Waals surface area contributed by atoms with Crippen LogP contribution in [0.5, 0.6) is 0 Å². The summed E-state index contributed by atoms with van der Waals surface area (Å²) < 4.78 is 1.80. The number of hydrogen-bond acceptors (Lipinski definition) is 5. The number of pyridine rings is 2. The third-order valence-electron chi connectivity index (χ3n) is 6.65. The molecule has 3 aromatic heterocycles. The average Bonchev–Trinajstić information content (AvgIpc) is 3.32. The van der Waals surface area contributed by atoms with E-state index in [1.54, 1.807) is 16.5 Å². The van der Waals surface area contributed by atoms with Crippen LogP contribution >= 0.6 is 0 Å². The number of aromatic nitrogens is 2. The van der Waals surface area contributed by atoms with Gasteiger partial charge in [0.25, 0.3) is 11.7 Å². The minimum atomic E-state index is -0.677. The first-order valence-corrected chi connectivity index (χ1v) is 13.4. The molecular formula is C33H33N5O2. The molecule has 7 heteroatoms. The van der Waals surface area contributed by atoms with E-state index in [1.165, 1.54) is 5.56 Å². The Balaban J connectivity index is 1.21. The first kappa shape index (κ1) is 26.8. The Morgan fingerprint density at radius 3 is 2.30 bits per heavy atom. The zero-order valence-corrected chi connectivity index (χ0v) is 23.0. The SMILES string of the molecule is Cc1cc(C)nc(CNCCNc2ccc(NC(=O)C(=O)c3c(-c4ccccc4)cc4ccc(C)cn34)cc2)c1. The summed E-state index contributed by atoms with van der Waals surface area (Å²) in [4.78, 5) is 31.1. The number of Topliss-reactive ketones (excluding diaryl/α,β-unsaturated/α-hetero) is 1. The van der Waals surface area contributed by atoms with Crippen LogP contribution in [0.2, 0.25) is 0 Å². The van der Waals surface area contributed by atoms with Crippen molar-refractivity contribution in [1.82, 2.24) is 14.7 Å². The molecule has 202 valence electrons. The van der Waals surface area contributed by atoms with Crippen molar-refractivity contribution in [2.45, 2.75) is 27.3 Å². The molecule has 0 aliphatic rings. The van der Waals surface area contributed by atoms with Crippen molar-refractivity contribution in [2.24, 2.45) is 0 Å². The first-order chi connectivity index (χ1) is 19.4. The zero-order chi connectivity index (χ0) is 28.1. The number of ketones is 1. The molecule has 0 bridgehead atoms. The fourth-order valence-corrected chi connectivity index (χ4v) is 4.84. The van der Waals surface area contributed by atoms with Crippen LogP contribution in [0.15, 0.2) is 91.1 Å². The fraction of sp³-hybridized carbons (Fsp3) is 0.182. The molecule has 0 aliphatic carbocycles. The number of nitrogens with one attached hydrogen (secondary N) is 3. The van der Waals surface area contributed by atoms with Crippen LogP contribution in [0, 0.1) is 20.8 Å². The van der Waals surface area contributed by atoms with Gasteiger partial charge in [-0.2, -0.15) is 0 Å². The van der Waals surface area contributed by atoms with Crippen molar-refractivity contribution in [3.8, 4) is 11.1 Å². The zero-order valence-electron chi connectivity index (χ0n) is 23.0. The summed E-state index contributed by atoms with van der Waals surface area (Å²) in [5.41, 5.74) is 8.57. The Kier molecular flexibility index (Phi) is 8.03. The second kappa shape index (κ2) is 12.0. The van der Waals surface area contributed by atoms with Gasteiger partial charge in [0.2, 0.25) is 0 Å². The number of carbonyl (C=O) groups excluding carboxylic acids is 2. The van der Waals surface area contributed by atoms with Crippen LogP contribution < -0.4 is 16.0 Å². The maximum absolute atomic E-state index is 13.5. The van der Waals surface area contributed by atoms with Gasteiger partial charge in [-0.25, -0.2) is 0 Å². The molecule has 1 amide bonds. The molecule has 0 aliphatic heterocycles. The second-order valence-electron chi connectivity index (χ2n) is 10.0. The van der Waals surface area contributed by atoms with Crippen LogP contribution in [0.3, 0.4) is 0 Å². The number of fused-ring (bicyclic) bond motifs is 1. The van der Waals surface area contributed by atoms with E-state index in [2.05, 4.69) is 40.0 Å². The molecule has 0 unspecified atom stereocenters. The molecular weight excluding hydrogens is 498 g/mol. The molecule has 7 nitrogen and oxygen atoms in total. The van der Waals surface area contributed by atoms with Gasteiger partial charge in [0.15, 0.2) is 0 Å². The van der Waals surface area contributed by atoms with Gasteiger partial charge in [0.1, 0.15) is 5.69 Å². The molecule has 40 heavy (non-hydrogen) atoms. The summed E-state index contributed by atoms with van der Waals surface area (Å²) in [5, 5.41) is 9.53. The quantitative estimate of drug-likeness (QED) is 0.118. The van der Waals surface area contributed by atoms with Crippen LogP contribution in [-0.2, 0) is 11.3 Å². The van der Waals surface area contributed by atoms with Crippen LogP contribution in [0.1, 0.15) is 33.0 Å². The van der Waals surface area contributed by atoms with E-state index in [9.17, 15) is 9.59 Å². The minimum Gasteiger partial charge on any atom is -0.384 e. The van der Waals surface area contributed by atoms with E-state index in [-0.39, 0.29) is 0 Å². The highest BCUT2D eigenvalue weighted by molar-refractivity contribution is 6.47. The summed E-state index contributed by atoms with van der Waals surface area (Å²) in [7, 11) is 0. The van der Waals surface area contributed by atoms with Gasteiger partial charge in [0, 0.05) is 54.0 Å². The average molecular weight is 532 g/mol. The molecule has 2 aromatic carbocycles. The van der Waals surface area contributed by atoms with Crippen molar-refractivity contribution in [2.75, 3.05) is 23.7 Å². The van der Waals surface area contributed by atoms with E-state index in [0.29, 0.717) is 17.9 Å². The smallest absolute Gasteiger partial charge is 0.298 e. The predicted octanol–water partition coefficient (Wildman–Crippen LogP) is 5.95. The predicted molar refractivity (Wildman–Crippen MR) is 161 cm³/mol. The van der Waals surface area contributed by atoms with Crippen LogP contribution in [-0.4, -0.2) is 34.2 Å². The number of amides is 1. The van der Waals surface area contributed by atoms with Crippen LogP contribution in [0.25, 0.3) is 16.6 Å². The molecule has 5 aromatic rings. The van der Waals surface area contributed by atoms with Gasteiger partial charge in [-0.05, 0) is 86.0 Å². The largest absolute Gasteiger partial charge is 0.384 e. The van der Waals surface area contributed by atoms with Crippen molar-refractivity contribution in [1.29, 1.82) is 0 Å². The summed E-state index contributed by atoms with van der Waals surface area (Å²) in [6, 6.07) is 27.1. The molecule has 3 heterocycles. The lowest BCUT2D eigenvalue weighted by Gasteiger charge is -2.10. The number of hydrogen-bond donors (Lipinski definition) is 3. The molecule has 0 saturated heterocycles. The Morgan fingerprint density at radius 1 is 0.800 bits per heavy atom. The number of carbonyl (C=O) groups is 2. The first-order valence-electron chi connectivity index (χ1n) is 13.4. The Hall–Kier alpha value is -4.75. The highest BCUT2D eigenvalue weighted by Crippen LogP contribution is 2.29.